The van der Waals surface area contributed by atoms with Crippen LogP contribution < -0.4 is 10.6 Å². The molecule has 0 aliphatic heterocycles. The summed E-state index contributed by atoms with van der Waals surface area (Å²) in [6.07, 6.45) is 0. The lowest BCUT2D eigenvalue weighted by Gasteiger charge is -2.19. The van der Waals surface area contributed by atoms with Gasteiger partial charge in [-0.25, -0.2) is 9.97 Å². The molecule has 2 N–H and O–H groups in total. The summed E-state index contributed by atoms with van der Waals surface area (Å²) < 4.78 is 1.14. The van der Waals surface area contributed by atoms with Crippen molar-refractivity contribution in [2.24, 2.45) is 0 Å². The van der Waals surface area contributed by atoms with Crippen molar-refractivity contribution in [3.8, 4) is 0 Å². The van der Waals surface area contributed by atoms with E-state index < -0.39 is 0 Å². The molecule has 0 atom stereocenters. The van der Waals surface area contributed by atoms with Gasteiger partial charge in [-0.05, 0) is 32.9 Å². The molecule has 2 rings (SSSR count). The molecule has 4 nitrogen and oxygen atoms in total. The summed E-state index contributed by atoms with van der Waals surface area (Å²) in [5.41, 5.74) is 7.10. The van der Waals surface area contributed by atoms with Gasteiger partial charge in [0.05, 0.1) is 3.79 Å². The molecular weight excluding hydrogens is 324 g/mol. The van der Waals surface area contributed by atoms with Gasteiger partial charge in [0.25, 0.3) is 0 Å². The zero-order valence-corrected chi connectivity index (χ0v) is 13.6. The predicted molar refractivity (Wildman–Crippen MR) is 84.7 cm³/mol. The van der Waals surface area contributed by atoms with E-state index in [1.807, 2.05) is 13.1 Å². The van der Waals surface area contributed by atoms with Gasteiger partial charge in [-0.15, -0.1) is 11.3 Å². The Hall–Kier alpha value is -1.14. The highest BCUT2D eigenvalue weighted by molar-refractivity contribution is 9.11. The van der Waals surface area contributed by atoms with E-state index in [1.165, 1.54) is 5.56 Å². The molecule has 0 aliphatic rings. The quantitative estimate of drug-likeness (QED) is 0.922. The smallest absolute Gasteiger partial charge is 0.135 e. The lowest BCUT2D eigenvalue weighted by atomic mass is 10.2. The second-order valence-corrected chi connectivity index (χ2v) is 7.07. The van der Waals surface area contributed by atoms with E-state index in [2.05, 4.69) is 56.1 Å². The molecule has 19 heavy (non-hydrogen) atoms. The van der Waals surface area contributed by atoms with Gasteiger partial charge in [0.1, 0.15) is 17.5 Å². The van der Waals surface area contributed by atoms with Crippen LogP contribution in [-0.2, 0) is 6.54 Å². The molecule has 0 spiro atoms. The molecule has 6 heteroatoms. The average Bonchev–Trinajstić information content (AvgIpc) is 2.73. The van der Waals surface area contributed by atoms with Crippen molar-refractivity contribution >= 4 is 38.9 Å². The highest BCUT2D eigenvalue weighted by Crippen LogP contribution is 2.24. The number of hydrogen-bond donors (Lipinski definition) is 1. The van der Waals surface area contributed by atoms with Gasteiger partial charge in [0.15, 0.2) is 0 Å². The molecule has 0 aliphatic carbocycles. The summed E-state index contributed by atoms with van der Waals surface area (Å²) in [6, 6.07) is 3.93. The molecule has 0 amide bonds. The number of nitrogens with zero attached hydrogens (tertiary/aromatic N) is 3. The van der Waals surface area contributed by atoms with Crippen LogP contribution in [0.4, 0.5) is 11.6 Å². The van der Waals surface area contributed by atoms with Crippen molar-refractivity contribution in [3.05, 3.63) is 32.7 Å². The molecule has 0 bridgehead atoms. The normalized spacial score (nSPS) is 11.0. The van der Waals surface area contributed by atoms with Gasteiger partial charge in [-0.2, -0.15) is 0 Å². The summed E-state index contributed by atoms with van der Waals surface area (Å²) in [6.45, 7) is 4.93. The number of nitrogen functional groups attached to an aromatic ring is 1. The van der Waals surface area contributed by atoms with Gasteiger partial charge >= 0.3 is 0 Å². The molecule has 0 saturated heterocycles. The van der Waals surface area contributed by atoms with Crippen LogP contribution in [0, 0.1) is 0 Å². The average molecular weight is 341 g/mol. The van der Waals surface area contributed by atoms with Crippen LogP contribution in [0.25, 0.3) is 0 Å². The maximum absolute atomic E-state index is 5.85. The molecule has 2 aromatic rings. The van der Waals surface area contributed by atoms with Gasteiger partial charge < -0.3 is 10.6 Å². The molecule has 102 valence electrons. The van der Waals surface area contributed by atoms with Crippen molar-refractivity contribution < 1.29 is 0 Å². The van der Waals surface area contributed by atoms with Crippen molar-refractivity contribution in [2.45, 2.75) is 26.3 Å². The first-order valence-corrected chi connectivity index (χ1v) is 7.71. The minimum atomic E-state index is 0.269. The Bertz CT molecular complexity index is 568. The molecule has 2 aromatic heterocycles. The molecule has 0 aromatic carbocycles. The number of halogens is 1. The van der Waals surface area contributed by atoms with Gasteiger partial charge in [-0.1, -0.05) is 13.8 Å². The summed E-state index contributed by atoms with van der Waals surface area (Å²) in [5, 5.41) is 2.13. The number of aromatic nitrogens is 2. The van der Waals surface area contributed by atoms with E-state index in [1.54, 1.807) is 11.3 Å². The Kier molecular flexibility index (Phi) is 4.42. The Balaban J connectivity index is 2.20. The summed E-state index contributed by atoms with van der Waals surface area (Å²) >= 11 is 5.16. The van der Waals surface area contributed by atoms with E-state index in [4.69, 9.17) is 5.73 Å². The number of nitrogens with two attached hydrogens (primary N) is 1. The number of rotatable bonds is 4. The van der Waals surface area contributed by atoms with E-state index >= 15 is 0 Å². The first-order chi connectivity index (χ1) is 8.95. The standard InChI is InChI=1S/C13H17BrN4S/c1-8(2)13-16-11(15)5-12(17-13)18(3)6-9-4-10(14)19-7-9/h4-5,7-8H,6H2,1-3H3,(H2,15,16,17). The monoisotopic (exact) mass is 340 g/mol. The second-order valence-electron chi connectivity index (χ2n) is 4.78. The van der Waals surface area contributed by atoms with E-state index in [-0.39, 0.29) is 5.92 Å². The third kappa shape index (κ3) is 3.67. The summed E-state index contributed by atoms with van der Waals surface area (Å²) in [5.74, 6) is 2.44. The lowest BCUT2D eigenvalue weighted by molar-refractivity contribution is 0.765. The Morgan fingerprint density at radius 1 is 1.37 bits per heavy atom. The van der Waals surface area contributed by atoms with Crippen LogP contribution in [0.3, 0.4) is 0 Å². The van der Waals surface area contributed by atoms with Gasteiger partial charge in [-0.3, -0.25) is 0 Å². The van der Waals surface area contributed by atoms with Crippen LogP contribution >= 0.6 is 27.3 Å². The van der Waals surface area contributed by atoms with Crippen LogP contribution in [0.15, 0.2) is 21.3 Å². The van der Waals surface area contributed by atoms with E-state index in [9.17, 15) is 0 Å². The van der Waals surface area contributed by atoms with Crippen LogP contribution in [0.2, 0.25) is 0 Å². The molecule has 0 unspecified atom stereocenters. The van der Waals surface area contributed by atoms with Crippen LogP contribution in [0.5, 0.6) is 0 Å². The van der Waals surface area contributed by atoms with Crippen LogP contribution in [0.1, 0.15) is 31.2 Å². The number of hydrogen-bond acceptors (Lipinski definition) is 5. The fourth-order valence-corrected chi connectivity index (χ4v) is 2.91. The first-order valence-electron chi connectivity index (χ1n) is 6.04. The van der Waals surface area contributed by atoms with Gasteiger partial charge in [0, 0.05) is 25.6 Å². The lowest BCUT2D eigenvalue weighted by Crippen LogP contribution is -2.19. The minimum Gasteiger partial charge on any atom is -0.384 e. The van der Waals surface area contributed by atoms with Crippen molar-refractivity contribution in [2.75, 3.05) is 17.7 Å². The summed E-state index contributed by atoms with van der Waals surface area (Å²) in [7, 11) is 2.01. The van der Waals surface area contributed by atoms with Gasteiger partial charge in [0.2, 0.25) is 0 Å². The minimum absolute atomic E-state index is 0.269. The van der Waals surface area contributed by atoms with Crippen molar-refractivity contribution in [3.63, 3.8) is 0 Å². The maximum Gasteiger partial charge on any atom is 0.135 e. The fraction of sp³-hybridized carbons (Fsp3) is 0.385. The second kappa shape index (κ2) is 5.88. The third-order valence-corrected chi connectivity index (χ3v) is 4.25. The Morgan fingerprint density at radius 3 is 2.68 bits per heavy atom. The van der Waals surface area contributed by atoms with E-state index in [0.717, 1.165) is 22.0 Å². The molecule has 0 saturated carbocycles. The third-order valence-electron chi connectivity index (χ3n) is 2.70. The predicted octanol–water partition coefficient (Wildman–Crippen LogP) is 3.64. The van der Waals surface area contributed by atoms with Crippen molar-refractivity contribution in [1.82, 2.24) is 9.97 Å². The first kappa shape index (κ1) is 14.3. The fourth-order valence-electron chi connectivity index (χ4n) is 1.71. The number of thiophene rings is 1. The maximum atomic E-state index is 5.85. The zero-order chi connectivity index (χ0) is 14.0. The van der Waals surface area contributed by atoms with Crippen LogP contribution in [-0.4, -0.2) is 17.0 Å². The SMILES string of the molecule is CC(C)c1nc(N)cc(N(C)Cc2csc(Br)c2)n1. The molecule has 2 heterocycles. The molecule has 0 radical (unpaired) electrons. The molecule has 0 fully saturated rings. The topological polar surface area (TPSA) is 55.0 Å². The highest BCUT2D eigenvalue weighted by Gasteiger charge is 2.10. The highest BCUT2D eigenvalue weighted by atomic mass is 79.9. The zero-order valence-electron chi connectivity index (χ0n) is 11.2. The number of anilines is 2. The molecular formula is C13H17BrN4S. The Morgan fingerprint density at radius 2 is 2.11 bits per heavy atom. The van der Waals surface area contributed by atoms with Crippen molar-refractivity contribution in [1.29, 1.82) is 0 Å². The largest absolute Gasteiger partial charge is 0.384 e. The summed E-state index contributed by atoms with van der Waals surface area (Å²) in [4.78, 5) is 10.9. The van der Waals surface area contributed by atoms with E-state index in [0.29, 0.717) is 5.82 Å². The Labute approximate surface area is 125 Å².